The van der Waals surface area contributed by atoms with Crippen molar-refractivity contribution in [3.8, 4) is 11.6 Å². The molecule has 0 amide bonds. The van der Waals surface area contributed by atoms with Gasteiger partial charge in [-0.15, -0.1) is 0 Å². The molecule has 24 heavy (non-hydrogen) atoms. The Bertz CT molecular complexity index is 937. The smallest absolute Gasteiger partial charge is 0.418 e. The molecule has 3 rings (SSSR count). The number of aromatic carboxylic acids is 1. The van der Waals surface area contributed by atoms with E-state index in [1.54, 1.807) is 0 Å². The van der Waals surface area contributed by atoms with Gasteiger partial charge in [-0.1, -0.05) is 0 Å². The molecule has 0 spiro atoms. The summed E-state index contributed by atoms with van der Waals surface area (Å²) < 4.78 is 46.0. The van der Waals surface area contributed by atoms with Crippen molar-refractivity contribution in [2.75, 3.05) is 7.11 Å². The van der Waals surface area contributed by atoms with E-state index in [-0.39, 0.29) is 28.2 Å². The lowest BCUT2D eigenvalue weighted by Crippen LogP contribution is -2.06. The van der Waals surface area contributed by atoms with Gasteiger partial charge < -0.3 is 9.84 Å². The fourth-order valence-electron chi connectivity index (χ4n) is 2.35. The second-order valence-corrected chi connectivity index (χ2v) is 4.69. The summed E-state index contributed by atoms with van der Waals surface area (Å²) in [5, 5.41) is 8.89. The van der Waals surface area contributed by atoms with E-state index in [1.807, 2.05) is 0 Å². The number of aromatic nitrogens is 4. The van der Waals surface area contributed by atoms with E-state index in [1.165, 1.54) is 19.4 Å². The number of rotatable bonds is 3. The number of alkyl halides is 3. The Balaban J connectivity index is 2.42. The molecule has 124 valence electrons. The monoisotopic (exact) mass is 338 g/mol. The van der Waals surface area contributed by atoms with E-state index in [2.05, 4.69) is 15.0 Å². The number of carbonyl (C=O) groups is 1. The summed E-state index contributed by atoms with van der Waals surface area (Å²) in [5.74, 6) is -1.56. The maximum Gasteiger partial charge on any atom is 0.418 e. The van der Waals surface area contributed by atoms with Crippen LogP contribution < -0.4 is 4.74 Å². The molecule has 0 unspecified atom stereocenters. The quantitative estimate of drug-likeness (QED) is 0.789. The first-order chi connectivity index (χ1) is 11.3. The zero-order chi connectivity index (χ0) is 17.5. The van der Waals surface area contributed by atoms with Crippen molar-refractivity contribution in [3.05, 3.63) is 42.1 Å². The van der Waals surface area contributed by atoms with Crippen molar-refractivity contribution in [2.24, 2.45) is 0 Å². The Labute approximate surface area is 132 Å². The summed E-state index contributed by atoms with van der Waals surface area (Å²) in [6.07, 6.45) is -0.524. The molecule has 0 aromatic carbocycles. The maximum atomic E-state index is 13.4. The predicted molar refractivity (Wildman–Crippen MR) is 75.2 cm³/mol. The largest absolute Gasteiger partial charge is 0.480 e. The van der Waals surface area contributed by atoms with Crippen LogP contribution in [0.4, 0.5) is 13.2 Å². The van der Waals surface area contributed by atoms with E-state index in [9.17, 15) is 23.1 Å². The number of methoxy groups -OCH3 is 1. The summed E-state index contributed by atoms with van der Waals surface area (Å²) in [4.78, 5) is 22.7. The highest BCUT2D eigenvalue weighted by atomic mass is 19.4. The van der Waals surface area contributed by atoms with Gasteiger partial charge in [0.15, 0.2) is 5.65 Å². The number of hydrogen-bond acceptors (Lipinski definition) is 5. The SMILES string of the molecule is COc1ncnc2c1c(C(F)(F)F)cn2-c1cnccc1C(=O)O. The van der Waals surface area contributed by atoms with Gasteiger partial charge in [-0.05, 0) is 6.07 Å². The number of carboxylic acid groups (broad SMARTS) is 1. The minimum atomic E-state index is -4.70. The summed E-state index contributed by atoms with van der Waals surface area (Å²) in [5.41, 5.74) is -1.43. The van der Waals surface area contributed by atoms with Gasteiger partial charge in [0.2, 0.25) is 5.88 Å². The van der Waals surface area contributed by atoms with Gasteiger partial charge in [-0.3, -0.25) is 9.55 Å². The van der Waals surface area contributed by atoms with Gasteiger partial charge in [-0.25, -0.2) is 14.8 Å². The molecule has 0 saturated carbocycles. The normalized spacial score (nSPS) is 11.7. The van der Waals surface area contributed by atoms with E-state index in [0.717, 1.165) is 23.3 Å². The molecule has 3 aromatic heterocycles. The van der Waals surface area contributed by atoms with Crippen LogP contribution in [0.25, 0.3) is 16.7 Å². The minimum Gasteiger partial charge on any atom is -0.480 e. The zero-order valence-corrected chi connectivity index (χ0v) is 12.1. The van der Waals surface area contributed by atoms with Crippen LogP contribution >= 0.6 is 0 Å². The van der Waals surface area contributed by atoms with Gasteiger partial charge in [0.05, 0.1) is 35.5 Å². The number of halogens is 3. The third kappa shape index (κ3) is 2.41. The fraction of sp³-hybridized carbons (Fsp3) is 0.143. The fourth-order valence-corrected chi connectivity index (χ4v) is 2.35. The maximum absolute atomic E-state index is 13.4. The first kappa shape index (κ1) is 15.7. The lowest BCUT2D eigenvalue weighted by Gasteiger charge is -2.07. The van der Waals surface area contributed by atoms with Crippen LogP contribution in [-0.4, -0.2) is 37.7 Å². The van der Waals surface area contributed by atoms with Crippen molar-refractivity contribution in [3.63, 3.8) is 0 Å². The third-order valence-electron chi connectivity index (χ3n) is 3.34. The summed E-state index contributed by atoms with van der Waals surface area (Å²) in [7, 11) is 1.19. The molecule has 0 saturated heterocycles. The number of carboxylic acids is 1. The van der Waals surface area contributed by atoms with Crippen molar-refractivity contribution >= 4 is 17.0 Å². The molecular weight excluding hydrogens is 329 g/mol. The molecule has 0 atom stereocenters. The van der Waals surface area contributed by atoms with E-state index in [0.29, 0.717) is 0 Å². The summed E-state index contributed by atoms with van der Waals surface area (Å²) >= 11 is 0. The highest BCUT2D eigenvalue weighted by Crippen LogP contribution is 2.40. The van der Waals surface area contributed by atoms with Crippen LogP contribution in [0.3, 0.4) is 0 Å². The Kier molecular flexibility index (Phi) is 3.59. The Hall–Kier alpha value is -3.17. The number of fused-ring (bicyclic) bond motifs is 1. The molecule has 3 heterocycles. The first-order valence-electron chi connectivity index (χ1n) is 6.49. The van der Waals surface area contributed by atoms with Gasteiger partial charge in [0.25, 0.3) is 0 Å². The van der Waals surface area contributed by atoms with E-state index >= 15 is 0 Å². The highest BCUT2D eigenvalue weighted by molar-refractivity contribution is 5.94. The number of pyridine rings is 1. The third-order valence-corrected chi connectivity index (χ3v) is 3.34. The highest BCUT2D eigenvalue weighted by Gasteiger charge is 2.37. The number of hydrogen-bond donors (Lipinski definition) is 1. The van der Waals surface area contributed by atoms with Gasteiger partial charge >= 0.3 is 12.1 Å². The molecule has 1 N–H and O–H groups in total. The molecule has 7 nitrogen and oxygen atoms in total. The lowest BCUT2D eigenvalue weighted by atomic mass is 10.2. The van der Waals surface area contributed by atoms with Crippen molar-refractivity contribution < 1.29 is 27.8 Å². The standard InChI is InChI=1S/C14H9F3N4O3/c1-24-12-10-8(14(15,16)17)5-21(11(10)19-6-20-12)9-4-18-3-2-7(9)13(22)23/h2-6H,1H3,(H,22,23). The van der Waals surface area contributed by atoms with Crippen LogP contribution in [0.5, 0.6) is 5.88 Å². The summed E-state index contributed by atoms with van der Waals surface area (Å²) in [6.45, 7) is 0. The molecule has 0 aliphatic rings. The molecule has 0 aliphatic heterocycles. The number of ether oxygens (including phenoxy) is 1. The molecule has 10 heteroatoms. The Morgan fingerprint density at radius 2 is 2.08 bits per heavy atom. The van der Waals surface area contributed by atoms with E-state index < -0.39 is 17.7 Å². The zero-order valence-electron chi connectivity index (χ0n) is 12.1. The van der Waals surface area contributed by atoms with Crippen LogP contribution in [0.1, 0.15) is 15.9 Å². The van der Waals surface area contributed by atoms with Crippen LogP contribution in [-0.2, 0) is 6.18 Å². The Morgan fingerprint density at radius 1 is 1.33 bits per heavy atom. The molecule has 0 bridgehead atoms. The average Bonchev–Trinajstić information content (AvgIpc) is 2.94. The van der Waals surface area contributed by atoms with Gasteiger partial charge in [0, 0.05) is 12.4 Å². The molecule has 0 aliphatic carbocycles. The van der Waals surface area contributed by atoms with Crippen LogP contribution in [0, 0.1) is 0 Å². The molecule has 0 fully saturated rings. The second kappa shape index (κ2) is 5.48. The molecule has 0 radical (unpaired) electrons. The van der Waals surface area contributed by atoms with Gasteiger partial charge in [0.1, 0.15) is 6.33 Å². The van der Waals surface area contributed by atoms with Crippen molar-refractivity contribution in [2.45, 2.75) is 6.18 Å². The van der Waals surface area contributed by atoms with Gasteiger partial charge in [-0.2, -0.15) is 13.2 Å². The second-order valence-electron chi connectivity index (χ2n) is 4.69. The van der Waals surface area contributed by atoms with Crippen LogP contribution in [0.2, 0.25) is 0 Å². The van der Waals surface area contributed by atoms with Crippen molar-refractivity contribution in [1.82, 2.24) is 19.5 Å². The van der Waals surface area contributed by atoms with Crippen LogP contribution in [0.15, 0.2) is 31.0 Å². The number of nitrogens with zero attached hydrogens (tertiary/aromatic N) is 4. The lowest BCUT2D eigenvalue weighted by molar-refractivity contribution is -0.136. The molecule has 3 aromatic rings. The summed E-state index contributed by atoms with van der Waals surface area (Å²) in [6, 6.07) is 1.19. The van der Waals surface area contributed by atoms with E-state index in [4.69, 9.17) is 4.74 Å². The minimum absolute atomic E-state index is 0.0498. The topological polar surface area (TPSA) is 90.1 Å². The first-order valence-corrected chi connectivity index (χ1v) is 6.49. The predicted octanol–water partition coefficient (Wildman–Crippen LogP) is 2.54. The average molecular weight is 338 g/mol. The Morgan fingerprint density at radius 3 is 2.71 bits per heavy atom. The van der Waals surface area contributed by atoms with Crippen molar-refractivity contribution in [1.29, 1.82) is 0 Å². The molecular formula is C14H9F3N4O3.